The molecule has 4 aromatic rings. The molecule has 0 bridgehead atoms. The first-order chi connectivity index (χ1) is 14.7. The molecule has 1 heterocycles. The predicted octanol–water partition coefficient (Wildman–Crippen LogP) is 7.22. The molecule has 0 fully saturated rings. The Balaban J connectivity index is 1.83. The SMILES string of the molecule is CS(=O)(=O)c1cccc(-c2ccc(-c3ncc(Cl)n3-c3c(Cl)cccc3Cl)c(Cl)c2)c1. The van der Waals surface area contributed by atoms with Crippen molar-refractivity contribution in [1.82, 2.24) is 9.55 Å². The van der Waals surface area contributed by atoms with Crippen molar-refractivity contribution in [3.05, 3.63) is 87.1 Å². The van der Waals surface area contributed by atoms with Crippen molar-refractivity contribution in [3.63, 3.8) is 0 Å². The van der Waals surface area contributed by atoms with Crippen molar-refractivity contribution in [1.29, 1.82) is 0 Å². The summed E-state index contributed by atoms with van der Waals surface area (Å²) >= 11 is 25.8. The average molecular weight is 512 g/mol. The normalized spacial score (nSPS) is 11.6. The van der Waals surface area contributed by atoms with E-state index in [0.717, 1.165) is 11.1 Å². The standard InChI is InChI=1S/C22H14Cl4N2O2S/c1-31(29,30)15-5-2-4-13(10-15)14-8-9-16(19(25)11-14)22-27-12-20(26)28(22)21-17(23)6-3-7-18(21)24/h2-12H,1H3. The summed E-state index contributed by atoms with van der Waals surface area (Å²) in [4.78, 5) is 4.64. The van der Waals surface area contributed by atoms with Gasteiger partial charge in [0.2, 0.25) is 0 Å². The van der Waals surface area contributed by atoms with Crippen molar-refractivity contribution in [2.24, 2.45) is 0 Å². The molecular weight excluding hydrogens is 498 g/mol. The summed E-state index contributed by atoms with van der Waals surface area (Å²) in [5, 5.41) is 1.57. The topological polar surface area (TPSA) is 52.0 Å². The lowest BCUT2D eigenvalue weighted by Gasteiger charge is -2.14. The summed E-state index contributed by atoms with van der Waals surface area (Å²) in [6.45, 7) is 0. The molecular formula is C22H14Cl4N2O2S. The molecule has 0 spiro atoms. The highest BCUT2D eigenvalue weighted by atomic mass is 35.5. The Kier molecular flexibility index (Phi) is 6.08. The van der Waals surface area contributed by atoms with Crippen LogP contribution in [0, 0.1) is 0 Å². The second kappa shape index (κ2) is 8.49. The molecule has 0 aliphatic rings. The van der Waals surface area contributed by atoms with Gasteiger partial charge in [0.1, 0.15) is 11.0 Å². The summed E-state index contributed by atoms with van der Waals surface area (Å²) in [5.74, 6) is 0.474. The van der Waals surface area contributed by atoms with Crippen LogP contribution in [0.15, 0.2) is 71.8 Å². The molecule has 0 N–H and O–H groups in total. The Bertz CT molecular complexity index is 1390. The Labute approximate surface area is 199 Å². The Morgan fingerprint density at radius 1 is 0.806 bits per heavy atom. The van der Waals surface area contributed by atoms with Gasteiger partial charge in [0.05, 0.1) is 31.8 Å². The third-order valence-electron chi connectivity index (χ3n) is 4.69. The molecule has 1 aromatic heterocycles. The van der Waals surface area contributed by atoms with Crippen molar-refractivity contribution < 1.29 is 8.42 Å². The van der Waals surface area contributed by atoms with E-state index in [4.69, 9.17) is 46.4 Å². The zero-order chi connectivity index (χ0) is 22.3. The predicted molar refractivity (Wildman–Crippen MR) is 128 cm³/mol. The lowest BCUT2D eigenvalue weighted by Crippen LogP contribution is -2.00. The van der Waals surface area contributed by atoms with E-state index in [0.29, 0.717) is 37.3 Å². The van der Waals surface area contributed by atoms with Gasteiger partial charge in [-0.05, 0) is 47.5 Å². The smallest absolute Gasteiger partial charge is 0.175 e. The summed E-state index contributed by atoms with van der Waals surface area (Å²) in [5.41, 5.74) is 2.61. The van der Waals surface area contributed by atoms with Crippen LogP contribution >= 0.6 is 46.4 Å². The maximum Gasteiger partial charge on any atom is 0.175 e. The molecule has 9 heteroatoms. The molecule has 0 saturated heterocycles. The lowest BCUT2D eigenvalue weighted by molar-refractivity contribution is 0.602. The first-order valence-corrected chi connectivity index (χ1v) is 12.3. The first-order valence-electron chi connectivity index (χ1n) is 8.95. The number of hydrogen-bond donors (Lipinski definition) is 0. The molecule has 0 unspecified atom stereocenters. The molecule has 158 valence electrons. The van der Waals surface area contributed by atoms with Crippen LogP contribution in [0.3, 0.4) is 0 Å². The quantitative estimate of drug-likeness (QED) is 0.290. The Morgan fingerprint density at radius 3 is 2.10 bits per heavy atom. The number of nitrogens with zero attached hydrogens (tertiary/aromatic N) is 2. The summed E-state index contributed by atoms with van der Waals surface area (Å²) in [7, 11) is -3.32. The van der Waals surface area contributed by atoms with Crippen LogP contribution in [0.1, 0.15) is 0 Å². The molecule has 0 saturated carbocycles. The van der Waals surface area contributed by atoms with Gasteiger partial charge in [-0.2, -0.15) is 0 Å². The first kappa shape index (κ1) is 22.2. The van der Waals surface area contributed by atoms with Crippen LogP contribution < -0.4 is 0 Å². The monoisotopic (exact) mass is 510 g/mol. The highest BCUT2D eigenvalue weighted by molar-refractivity contribution is 7.90. The van der Waals surface area contributed by atoms with Crippen molar-refractivity contribution >= 4 is 56.2 Å². The molecule has 4 rings (SSSR count). The van der Waals surface area contributed by atoms with Crippen molar-refractivity contribution in [2.75, 3.05) is 6.26 Å². The highest BCUT2D eigenvalue weighted by Gasteiger charge is 2.19. The third kappa shape index (κ3) is 4.34. The minimum absolute atomic E-state index is 0.237. The van der Waals surface area contributed by atoms with Gasteiger partial charge >= 0.3 is 0 Å². The second-order valence-electron chi connectivity index (χ2n) is 6.80. The molecule has 0 aliphatic heterocycles. The molecule has 0 radical (unpaired) electrons. The maximum absolute atomic E-state index is 11.9. The largest absolute Gasteiger partial charge is 0.280 e. The van der Waals surface area contributed by atoms with E-state index in [2.05, 4.69) is 4.98 Å². The number of rotatable bonds is 4. The summed E-state index contributed by atoms with van der Waals surface area (Å²) in [6, 6.07) is 17.2. The van der Waals surface area contributed by atoms with Gasteiger partial charge in [-0.15, -0.1) is 0 Å². The second-order valence-corrected chi connectivity index (χ2v) is 10.4. The molecule has 4 nitrogen and oxygen atoms in total. The third-order valence-corrected chi connectivity index (χ3v) is 6.99. The van der Waals surface area contributed by atoms with Crippen LogP contribution in [-0.4, -0.2) is 24.2 Å². The van der Waals surface area contributed by atoms with E-state index in [1.807, 2.05) is 12.1 Å². The van der Waals surface area contributed by atoms with E-state index in [1.54, 1.807) is 53.1 Å². The number of halogens is 4. The van der Waals surface area contributed by atoms with Gasteiger partial charge in [-0.3, -0.25) is 4.57 Å². The van der Waals surface area contributed by atoms with Gasteiger partial charge in [-0.1, -0.05) is 70.7 Å². The maximum atomic E-state index is 11.9. The number of hydrogen-bond acceptors (Lipinski definition) is 3. The molecule has 31 heavy (non-hydrogen) atoms. The van der Waals surface area contributed by atoms with Gasteiger partial charge in [0.25, 0.3) is 0 Å². The Hall–Kier alpha value is -2.02. The fourth-order valence-electron chi connectivity index (χ4n) is 3.22. The van der Waals surface area contributed by atoms with Crippen LogP contribution in [-0.2, 0) is 9.84 Å². The number of benzene rings is 3. The molecule has 0 aliphatic carbocycles. The van der Waals surface area contributed by atoms with E-state index in [1.165, 1.54) is 12.5 Å². The fourth-order valence-corrected chi connectivity index (χ4v) is 4.93. The number of imidazole rings is 1. The number of aromatic nitrogens is 2. The van der Waals surface area contributed by atoms with Crippen LogP contribution in [0.25, 0.3) is 28.2 Å². The zero-order valence-corrected chi connectivity index (χ0v) is 19.8. The van der Waals surface area contributed by atoms with Gasteiger partial charge < -0.3 is 0 Å². The van der Waals surface area contributed by atoms with E-state index >= 15 is 0 Å². The Morgan fingerprint density at radius 2 is 1.45 bits per heavy atom. The minimum Gasteiger partial charge on any atom is -0.280 e. The van der Waals surface area contributed by atoms with Gasteiger partial charge in [-0.25, -0.2) is 13.4 Å². The van der Waals surface area contributed by atoms with E-state index in [9.17, 15) is 8.42 Å². The lowest BCUT2D eigenvalue weighted by atomic mass is 10.0. The average Bonchev–Trinajstić information content (AvgIpc) is 3.08. The van der Waals surface area contributed by atoms with Crippen LogP contribution in [0.4, 0.5) is 0 Å². The van der Waals surface area contributed by atoms with Gasteiger partial charge in [0.15, 0.2) is 9.84 Å². The fraction of sp³-hybridized carbons (Fsp3) is 0.0455. The number of para-hydroxylation sites is 1. The number of sulfone groups is 1. The van der Waals surface area contributed by atoms with E-state index in [-0.39, 0.29) is 4.90 Å². The minimum atomic E-state index is -3.32. The van der Waals surface area contributed by atoms with Gasteiger partial charge in [0, 0.05) is 11.8 Å². The van der Waals surface area contributed by atoms with Crippen molar-refractivity contribution in [2.45, 2.75) is 4.90 Å². The molecule has 0 amide bonds. The molecule has 0 atom stereocenters. The molecule has 3 aromatic carbocycles. The highest BCUT2D eigenvalue weighted by Crippen LogP contribution is 2.38. The summed E-state index contributed by atoms with van der Waals surface area (Å²) < 4.78 is 25.4. The van der Waals surface area contributed by atoms with E-state index < -0.39 is 9.84 Å². The van der Waals surface area contributed by atoms with Crippen LogP contribution in [0.5, 0.6) is 0 Å². The zero-order valence-electron chi connectivity index (χ0n) is 16.0. The van der Waals surface area contributed by atoms with Crippen LogP contribution in [0.2, 0.25) is 20.2 Å². The van der Waals surface area contributed by atoms with Crippen molar-refractivity contribution in [3.8, 4) is 28.2 Å². The summed E-state index contributed by atoms with van der Waals surface area (Å²) in [6.07, 6.45) is 2.67.